The van der Waals surface area contributed by atoms with E-state index in [0.29, 0.717) is 31.5 Å². The van der Waals surface area contributed by atoms with Gasteiger partial charge in [-0.25, -0.2) is 0 Å². The van der Waals surface area contributed by atoms with Gasteiger partial charge in [-0.2, -0.15) is 0 Å². The van der Waals surface area contributed by atoms with E-state index in [1.165, 1.54) is 0 Å². The summed E-state index contributed by atoms with van der Waals surface area (Å²) in [4.78, 5) is 11.2. The summed E-state index contributed by atoms with van der Waals surface area (Å²) in [6, 6.07) is 0. The molecule has 14 heavy (non-hydrogen) atoms. The molecule has 82 valence electrons. The summed E-state index contributed by atoms with van der Waals surface area (Å²) in [5.74, 6) is 0.880. The van der Waals surface area contributed by atoms with Gasteiger partial charge in [0.25, 0.3) is 0 Å². The molecule has 1 fully saturated rings. The highest BCUT2D eigenvalue weighted by atomic mass is 16.5. The molecule has 0 aromatic rings. The fraction of sp³-hybridized carbons (Fsp3) is 0.909. The van der Waals surface area contributed by atoms with Crippen LogP contribution in [0.5, 0.6) is 0 Å². The second-order valence-electron chi connectivity index (χ2n) is 4.08. The van der Waals surface area contributed by atoms with E-state index in [2.05, 4.69) is 0 Å². The van der Waals surface area contributed by atoms with Crippen molar-refractivity contribution in [3.05, 3.63) is 0 Å². The van der Waals surface area contributed by atoms with E-state index < -0.39 is 0 Å². The Bertz CT molecular complexity index is 171. The first kappa shape index (κ1) is 11.5. The molecule has 1 aliphatic rings. The van der Waals surface area contributed by atoms with Crippen molar-refractivity contribution in [2.45, 2.75) is 39.0 Å². The van der Waals surface area contributed by atoms with Gasteiger partial charge in [0.05, 0.1) is 6.61 Å². The Labute approximate surface area is 85.5 Å². The molecule has 1 aliphatic carbocycles. The van der Waals surface area contributed by atoms with Crippen molar-refractivity contribution in [2.75, 3.05) is 13.2 Å². The average molecular weight is 200 g/mol. The first-order valence-corrected chi connectivity index (χ1v) is 5.52. The van der Waals surface area contributed by atoms with E-state index in [9.17, 15) is 4.79 Å². The number of esters is 1. The van der Waals surface area contributed by atoms with Crippen molar-refractivity contribution in [2.24, 2.45) is 11.8 Å². The average Bonchev–Trinajstić information content (AvgIpc) is 2.19. The Morgan fingerprint density at radius 1 is 1.29 bits per heavy atom. The third-order valence-electron chi connectivity index (χ3n) is 2.99. The third kappa shape index (κ3) is 3.66. The van der Waals surface area contributed by atoms with Crippen LogP contribution in [0.25, 0.3) is 0 Å². The van der Waals surface area contributed by atoms with Crippen molar-refractivity contribution in [1.29, 1.82) is 0 Å². The normalized spacial score (nSPS) is 27.3. The fourth-order valence-electron chi connectivity index (χ4n) is 2.07. The van der Waals surface area contributed by atoms with Crippen molar-refractivity contribution in [3.63, 3.8) is 0 Å². The predicted molar refractivity (Wildman–Crippen MR) is 53.8 cm³/mol. The lowest BCUT2D eigenvalue weighted by atomic mass is 9.81. The first-order valence-electron chi connectivity index (χ1n) is 5.52. The van der Waals surface area contributed by atoms with Gasteiger partial charge in [-0.15, -0.1) is 0 Å². The van der Waals surface area contributed by atoms with Crippen LogP contribution >= 0.6 is 0 Å². The maximum absolute atomic E-state index is 11.2. The second-order valence-corrected chi connectivity index (χ2v) is 4.08. The van der Waals surface area contributed by atoms with E-state index in [1.807, 2.05) is 6.92 Å². The predicted octanol–water partition coefficient (Wildman–Crippen LogP) is 1.74. The molecule has 1 rings (SSSR count). The molecule has 0 atom stereocenters. The Morgan fingerprint density at radius 3 is 2.36 bits per heavy atom. The highest BCUT2D eigenvalue weighted by Crippen LogP contribution is 2.30. The van der Waals surface area contributed by atoms with Crippen LogP contribution in [0.4, 0.5) is 0 Å². The van der Waals surface area contributed by atoms with E-state index in [4.69, 9.17) is 9.84 Å². The van der Waals surface area contributed by atoms with Gasteiger partial charge < -0.3 is 9.84 Å². The molecule has 1 N–H and O–H groups in total. The first-order chi connectivity index (χ1) is 6.76. The number of aliphatic hydroxyl groups excluding tert-OH is 1. The van der Waals surface area contributed by atoms with Crippen LogP contribution in [0.1, 0.15) is 39.0 Å². The number of ether oxygens (including phenoxy) is 1. The molecule has 0 radical (unpaired) electrons. The van der Waals surface area contributed by atoms with E-state index in [1.54, 1.807) is 0 Å². The molecule has 0 saturated heterocycles. The van der Waals surface area contributed by atoms with Crippen molar-refractivity contribution >= 4 is 5.97 Å². The molecular formula is C11H20O3. The smallest absolute Gasteiger partial charge is 0.306 e. The lowest BCUT2D eigenvalue weighted by molar-refractivity contribution is -0.144. The van der Waals surface area contributed by atoms with Gasteiger partial charge >= 0.3 is 5.97 Å². The lowest BCUT2D eigenvalue weighted by Gasteiger charge is -2.26. The van der Waals surface area contributed by atoms with Crippen molar-refractivity contribution in [3.8, 4) is 0 Å². The molecule has 0 spiro atoms. The Kier molecular flexibility index (Phi) is 4.94. The van der Waals surface area contributed by atoms with Crippen LogP contribution in [0.2, 0.25) is 0 Å². The van der Waals surface area contributed by atoms with Crippen molar-refractivity contribution in [1.82, 2.24) is 0 Å². The van der Waals surface area contributed by atoms with Crippen LogP contribution in [-0.2, 0) is 9.53 Å². The zero-order chi connectivity index (χ0) is 10.4. The number of aliphatic hydroxyl groups is 1. The molecule has 0 heterocycles. The monoisotopic (exact) mass is 200 g/mol. The summed E-state index contributed by atoms with van der Waals surface area (Å²) in [6.07, 6.45) is 4.79. The minimum absolute atomic E-state index is 0.0695. The van der Waals surface area contributed by atoms with Gasteiger partial charge in [0.15, 0.2) is 0 Å². The molecule has 1 saturated carbocycles. The third-order valence-corrected chi connectivity index (χ3v) is 2.99. The summed E-state index contributed by atoms with van der Waals surface area (Å²) in [5.41, 5.74) is 0. The molecular weight excluding hydrogens is 180 g/mol. The zero-order valence-electron chi connectivity index (χ0n) is 8.87. The molecule has 0 aliphatic heterocycles. The molecule has 0 bridgehead atoms. The summed E-state index contributed by atoms with van der Waals surface area (Å²) in [6.45, 7) is 2.61. The van der Waals surface area contributed by atoms with Gasteiger partial charge in [-0.1, -0.05) is 0 Å². The Hall–Kier alpha value is -0.570. The summed E-state index contributed by atoms with van der Waals surface area (Å²) in [7, 11) is 0. The number of rotatable bonds is 4. The van der Waals surface area contributed by atoms with Crippen LogP contribution < -0.4 is 0 Å². The topological polar surface area (TPSA) is 46.5 Å². The van der Waals surface area contributed by atoms with Crippen LogP contribution in [0.3, 0.4) is 0 Å². The van der Waals surface area contributed by atoms with Crippen LogP contribution in [-0.4, -0.2) is 24.3 Å². The molecule has 0 aromatic heterocycles. The van der Waals surface area contributed by atoms with Gasteiger partial charge in [0.2, 0.25) is 0 Å². The van der Waals surface area contributed by atoms with E-state index >= 15 is 0 Å². The standard InChI is InChI=1S/C11H20O3/c1-2-14-11(13)7-9-3-5-10(8-12)6-4-9/h9-10,12H,2-8H2,1H3. The maximum atomic E-state index is 11.2. The summed E-state index contributed by atoms with van der Waals surface area (Å²) in [5, 5.41) is 8.95. The molecule has 0 aromatic carbocycles. The van der Waals surface area contributed by atoms with Crippen LogP contribution in [0.15, 0.2) is 0 Å². The fourth-order valence-corrected chi connectivity index (χ4v) is 2.07. The minimum Gasteiger partial charge on any atom is -0.466 e. The lowest BCUT2D eigenvalue weighted by Crippen LogP contribution is -2.20. The van der Waals surface area contributed by atoms with E-state index in [0.717, 1.165) is 25.7 Å². The maximum Gasteiger partial charge on any atom is 0.306 e. The summed E-state index contributed by atoms with van der Waals surface area (Å²) < 4.78 is 4.91. The van der Waals surface area contributed by atoms with Gasteiger partial charge in [-0.3, -0.25) is 4.79 Å². The largest absolute Gasteiger partial charge is 0.466 e. The van der Waals surface area contributed by atoms with Gasteiger partial charge in [0, 0.05) is 13.0 Å². The Morgan fingerprint density at radius 2 is 1.86 bits per heavy atom. The number of hydrogen-bond donors (Lipinski definition) is 1. The minimum atomic E-state index is -0.0695. The molecule has 0 unspecified atom stereocenters. The van der Waals surface area contributed by atoms with Gasteiger partial charge in [0.1, 0.15) is 0 Å². The number of carbonyl (C=O) groups excluding carboxylic acids is 1. The van der Waals surface area contributed by atoms with Crippen molar-refractivity contribution < 1.29 is 14.6 Å². The number of hydrogen-bond acceptors (Lipinski definition) is 3. The van der Waals surface area contributed by atoms with E-state index in [-0.39, 0.29) is 5.97 Å². The number of carbonyl (C=O) groups is 1. The molecule has 0 amide bonds. The van der Waals surface area contributed by atoms with Crippen LogP contribution in [0, 0.1) is 11.8 Å². The highest BCUT2D eigenvalue weighted by molar-refractivity contribution is 5.69. The quantitative estimate of drug-likeness (QED) is 0.703. The molecule has 3 nitrogen and oxygen atoms in total. The zero-order valence-corrected chi connectivity index (χ0v) is 8.87. The molecule has 3 heteroatoms. The Balaban J connectivity index is 2.18. The SMILES string of the molecule is CCOC(=O)CC1CCC(CO)CC1. The van der Waals surface area contributed by atoms with Gasteiger partial charge in [-0.05, 0) is 44.4 Å². The highest BCUT2D eigenvalue weighted by Gasteiger charge is 2.22. The second kappa shape index (κ2) is 6.02. The summed E-state index contributed by atoms with van der Waals surface area (Å²) >= 11 is 0.